The van der Waals surface area contributed by atoms with Crippen molar-refractivity contribution in [3.05, 3.63) is 80.8 Å². The van der Waals surface area contributed by atoms with Gasteiger partial charge in [-0.1, -0.05) is 59.8 Å². The van der Waals surface area contributed by atoms with Crippen molar-refractivity contribution in [1.82, 2.24) is 14.8 Å². The molecule has 0 bridgehead atoms. The molecular weight excluding hydrogens is 358 g/mol. The molecule has 3 aromatic rings. The molecule has 140 valence electrons. The Balaban J connectivity index is 1.70. The molecule has 0 aliphatic carbocycles. The molecular formula is C21H23N3O2S. The number of Topliss-reactive ketones (excluding diaryl/α,β-unsaturated/α-hetero) is 1. The van der Waals surface area contributed by atoms with Crippen LogP contribution in [0.25, 0.3) is 0 Å². The topological polar surface area (TPSA) is 67.8 Å². The lowest BCUT2D eigenvalue weighted by molar-refractivity contribution is 0.102. The van der Waals surface area contributed by atoms with Gasteiger partial charge < -0.3 is 0 Å². The van der Waals surface area contributed by atoms with Gasteiger partial charge in [0.05, 0.1) is 5.75 Å². The van der Waals surface area contributed by atoms with Crippen LogP contribution in [0, 0.1) is 20.8 Å². The molecule has 0 saturated heterocycles. The van der Waals surface area contributed by atoms with E-state index in [0.29, 0.717) is 11.7 Å². The van der Waals surface area contributed by atoms with E-state index in [4.69, 9.17) is 0 Å². The maximum Gasteiger partial charge on any atom is 0.343 e. The molecule has 1 N–H and O–H groups in total. The number of rotatable bonds is 7. The normalized spacial score (nSPS) is 10.9. The minimum Gasteiger partial charge on any atom is -0.293 e. The van der Waals surface area contributed by atoms with E-state index in [-0.39, 0.29) is 17.2 Å². The highest BCUT2D eigenvalue weighted by molar-refractivity contribution is 7.99. The standard InChI is InChI=1S/C21H23N3O2S/c1-14-11-15(2)19(16(3)12-14)18(25)13-27-21-23-22-20(26)24(21)10-9-17-7-5-4-6-8-17/h4-8,11-12H,9-10,13H2,1-3H3,(H,22,26). The Morgan fingerprint density at radius 2 is 1.78 bits per heavy atom. The predicted octanol–water partition coefficient (Wildman–Crippen LogP) is 3.71. The molecule has 5 nitrogen and oxygen atoms in total. The van der Waals surface area contributed by atoms with Gasteiger partial charge in [0.25, 0.3) is 0 Å². The molecule has 2 aromatic carbocycles. The van der Waals surface area contributed by atoms with E-state index in [1.165, 1.54) is 11.8 Å². The number of aryl methyl sites for hydroxylation is 4. The number of H-pyrrole nitrogens is 1. The highest BCUT2D eigenvalue weighted by Crippen LogP contribution is 2.21. The Bertz CT molecular complexity index is 983. The molecule has 0 amide bonds. The van der Waals surface area contributed by atoms with Gasteiger partial charge >= 0.3 is 5.69 Å². The SMILES string of the molecule is Cc1cc(C)c(C(=O)CSc2n[nH]c(=O)n2CCc2ccccc2)c(C)c1. The van der Waals surface area contributed by atoms with Crippen LogP contribution in [0.3, 0.4) is 0 Å². The van der Waals surface area contributed by atoms with Crippen molar-refractivity contribution in [3.63, 3.8) is 0 Å². The lowest BCUT2D eigenvalue weighted by atomic mass is 9.97. The molecule has 6 heteroatoms. The average molecular weight is 382 g/mol. The number of aromatic nitrogens is 3. The summed E-state index contributed by atoms with van der Waals surface area (Å²) in [5, 5.41) is 7.13. The van der Waals surface area contributed by atoms with E-state index in [1.54, 1.807) is 4.57 Å². The molecule has 1 aromatic heterocycles. The molecule has 3 rings (SSSR count). The maximum absolute atomic E-state index is 12.7. The Morgan fingerprint density at radius 1 is 1.11 bits per heavy atom. The molecule has 0 spiro atoms. The Kier molecular flexibility index (Phi) is 5.96. The first kappa shape index (κ1) is 19.2. The lowest BCUT2D eigenvalue weighted by Crippen LogP contribution is -2.19. The van der Waals surface area contributed by atoms with Crippen LogP contribution in [0.2, 0.25) is 0 Å². The van der Waals surface area contributed by atoms with Crippen LogP contribution >= 0.6 is 11.8 Å². The summed E-state index contributed by atoms with van der Waals surface area (Å²) in [6.07, 6.45) is 0.734. The van der Waals surface area contributed by atoms with Crippen molar-refractivity contribution in [2.24, 2.45) is 0 Å². The van der Waals surface area contributed by atoms with Crippen molar-refractivity contribution >= 4 is 17.5 Å². The predicted molar refractivity (Wildman–Crippen MR) is 109 cm³/mol. The quantitative estimate of drug-likeness (QED) is 0.500. The minimum absolute atomic E-state index is 0.0556. The van der Waals surface area contributed by atoms with Crippen LogP contribution in [0.15, 0.2) is 52.4 Å². The molecule has 0 unspecified atom stereocenters. The number of carbonyl (C=O) groups excluding carboxylic acids is 1. The highest BCUT2D eigenvalue weighted by Gasteiger charge is 2.16. The number of aromatic amines is 1. The third-order valence-electron chi connectivity index (χ3n) is 4.48. The summed E-state index contributed by atoms with van der Waals surface area (Å²) in [5.41, 5.74) is 4.80. The van der Waals surface area contributed by atoms with Gasteiger partial charge in [0, 0.05) is 12.1 Å². The first-order valence-electron chi connectivity index (χ1n) is 8.88. The zero-order chi connectivity index (χ0) is 19.4. The second-order valence-corrected chi connectivity index (χ2v) is 7.63. The molecule has 0 fully saturated rings. The third kappa shape index (κ3) is 4.57. The fraction of sp³-hybridized carbons (Fsp3) is 0.286. The van der Waals surface area contributed by atoms with E-state index in [1.807, 2.05) is 63.2 Å². The largest absolute Gasteiger partial charge is 0.343 e. The smallest absolute Gasteiger partial charge is 0.293 e. The van der Waals surface area contributed by atoms with Crippen LogP contribution in [-0.2, 0) is 13.0 Å². The molecule has 0 aliphatic rings. The van der Waals surface area contributed by atoms with Gasteiger partial charge in [-0.05, 0) is 43.9 Å². The van der Waals surface area contributed by atoms with E-state index in [2.05, 4.69) is 10.2 Å². The van der Waals surface area contributed by atoms with Crippen LogP contribution in [0.1, 0.15) is 32.6 Å². The maximum atomic E-state index is 12.7. The number of carbonyl (C=O) groups is 1. The number of ketones is 1. The highest BCUT2D eigenvalue weighted by atomic mass is 32.2. The zero-order valence-electron chi connectivity index (χ0n) is 15.8. The monoisotopic (exact) mass is 381 g/mol. The first-order chi connectivity index (χ1) is 13.0. The number of hydrogen-bond acceptors (Lipinski definition) is 4. The second-order valence-electron chi connectivity index (χ2n) is 6.68. The number of nitrogens with one attached hydrogen (secondary N) is 1. The number of thioether (sulfide) groups is 1. The number of benzene rings is 2. The van der Waals surface area contributed by atoms with Crippen LogP contribution in [-0.4, -0.2) is 26.3 Å². The van der Waals surface area contributed by atoms with Crippen molar-refractivity contribution in [2.45, 2.75) is 38.9 Å². The van der Waals surface area contributed by atoms with E-state index < -0.39 is 0 Å². The zero-order valence-corrected chi connectivity index (χ0v) is 16.6. The summed E-state index contributed by atoms with van der Waals surface area (Å²) in [6.45, 7) is 6.47. The van der Waals surface area contributed by atoms with Crippen molar-refractivity contribution in [3.8, 4) is 0 Å². The summed E-state index contributed by atoms with van der Waals surface area (Å²) in [7, 11) is 0. The number of hydrogen-bond donors (Lipinski definition) is 1. The molecule has 0 aliphatic heterocycles. The van der Waals surface area contributed by atoms with Crippen LogP contribution < -0.4 is 5.69 Å². The summed E-state index contributed by atoms with van der Waals surface area (Å²) < 4.78 is 1.60. The molecule has 1 heterocycles. The van der Waals surface area contributed by atoms with E-state index >= 15 is 0 Å². The molecule has 0 atom stereocenters. The van der Waals surface area contributed by atoms with Gasteiger partial charge in [-0.3, -0.25) is 9.36 Å². The summed E-state index contributed by atoms with van der Waals surface area (Å²) >= 11 is 1.30. The van der Waals surface area contributed by atoms with Crippen molar-refractivity contribution in [2.75, 3.05) is 5.75 Å². The second kappa shape index (κ2) is 8.39. The van der Waals surface area contributed by atoms with E-state index in [9.17, 15) is 9.59 Å². The summed E-state index contributed by atoms with van der Waals surface area (Å²) in [4.78, 5) is 24.8. The lowest BCUT2D eigenvalue weighted by Gasteiger charge is -2.10. The molecule has 0 saturated carbocycles. The fourth-order valence-corrected chi connectivity index (χ4v) is 4.16. The Morgan fingerprint density at radius 3 is 2.44 bits per heavy atom. The fourth-order valence-electron chi connectivity index (χ4n) is 3.32. The molecule has 0 radical (unpaired) electrons. The Hall–Kier alpha value is -2.60. The summed E-state index contributed by atoms with van der Waals surface area (Å²) in [5.74, 6) is 0.306. The minimum atomic E-state index is -0.247. The van der Waals surface area contributed by atoms with Crippen LogP contribution in [0.4, 0.5) is 0 Å². The van der Waals surface area contributed by atoms with Crippen LogP contribution in [0.5, 0.6) is 0 Å². The first-order valence-corrected chi connectivity index (χ1v) is 9.87. The van der Waals surface area contributed by atoms with Crippen molar-refractivity contribution < 1.29 is 4.79 Å². The summed E-state index contributed by atoms with van der Waals surface area (Å²) in [6, 6.07) is 14.0. The van der Waals surface area contributed by atoms with Gasteiger partial charge in [-0.15, -0.1) is 5.10 Å². The third-order valence-corrected chi connectivity index (χ3v) is 5.45. The Labute approximate surface area is 162 Å². The average Bonchev–Trinajstić information content (AvgIpc) is 2.98. The van der Waals surface area contributed by atoms with Gasteiger partial charge in [-0.2, -0.15) is 0 Å². The van der Waals surface area contributed by atoms with Gasteiger partial charge in [0.15, 0.2) is 10.9 Å². The van der Waals surface area contributed by atoms with Gasteiger partial charge in [0.2, 0.25) is 0 Å². The van der Waals surface area contributed by atoms with Crippen molar-refractivity contribution in [1.29, 1.82) is 0 Å². The number of nitrogens with zero attached hydrogens (tertiary/aromatic N) is 2. The van der Waals surface area contributed by atoms with E-state index in [0.717, 1.165) is 34.2 Å². The van der Waals surface area contributed by atoms with Gasteiger partial charge in [0.1, 0.15) is 0 Å². The molecule has 27 heavy (non-hydrogen) atoms. The van der Waals surface area contributed by atoms with Gasteiger partial charge in [-0.25, -0.2) is 9.89 Å².